The molecule has 0 fully saturated rings. The molecule has 0 saturated carbocycles. The van der Waals surface area contributed by atoms with E-state index in [0.29, 0.717) is 0 Å². The molecule has 2 aromatic rings. The smallest absolute Gasteiger partial charge is 0.122 e. The van der Waals surface area contributed by atoms with Gasteiger partial charge in [-0.3, -0.25) is 0 Å². The Bertz CT molecular complexity index is 593. The first-order chi connectivity index (χ1) is 9.04. The highest BCUT2D eigenvalue weighted by molar-refractivity contribution is 9.10. The van der Waals surface area contributed by atoms with Crippen molar-refractivity contribution >= 4 is 15.9 Å². The van der Waals surface area contributed by atoms with E-state index in [-0.39, 0.29) is 0 Å². The van der Waals surface area contributed by atoms with Crippen LogP contribution in [0.15, 0.2) is 40.9 Å². The molecule has 0 aromatic heterocycles. The van der Waals surface area contributed by atoms with Crippen LogP contribution in [0.3, 0.4) is 0 Å². The van der Waals surface area contributed by atoms with Crippen LogP contribution in [0.5, 0.6) is 5.75 Å². The quantitative estimate of drug-likeness (QED) is 0.920. The van der Waals surface area contributed by atoms with Crippen LogP contribution in [0.1, 0.15) is 28.4 Å². The maximum absolute atomic E-state index is 10.6. The van der Waals surface area contributed by atoms with E-state index in [1.54, 1.807) is 7.11 Å². The summed E-state index contributed by atoms with van der Waals surface area (Å²) in [6.07, 6.45) is -0.639. The number of hydrogen-bond donors (Lipinski definition) is 1. The second-order valence-corrected chi connectivity index (χ2v) is 5.46. The van der Waals surface area contributed by atoms with Crippen molar-refractivity contribution in [2.75, 3.05) is 7.11 Å². The van der Waals surface area contributed by atoms with Gasteiger partial charge >= 0.3 is 0 Å². The molecule has 2 nitrogen and oxygen atoms in total. The topological polar surface area (TPSA) is 29.5 Å². The Labute approximate surface area is 122 Å². The number of halogens is 1. The van der Waals surface area contributed by atoms with E-state index in [1.807, 2.05) is 50.2 Å². The first-order valence-corrected chi connectivity index (χ1v) is 6.91. The van der Waals surface area contributed by atoms with Crippen LogP contribution in [0.4, 0.5) is 0 Å². The van der Waals surface area contributed by atoms with E-state index < -0.39 is 6.10 Å². The predicted octanol–water partition coefficient (Wildman–Crippen LogP) is 4.16. The molecule has 3 heteroatoms. The summed E-state index contributed by atoms with van der Waals surface area (Å²) in [5.74, 6) is 0.848. The van der Waals surface area contributed by atoms with E-state index in [9.17, 15) is 5.11 Å². The summed E-state index contributed by atoms with van der Waals surface area (Å²) in [5.41, 5.74) is 3.82. The highest BCUT2D eigenvalue weighted by Crippen LogP contribution is 2.33. The van der Waals surface area contributed by atoms with Gasteiger partial charge in [0, 0.05) is 4.47 Å². The molecule has 0 radical (unpaired) electrons. The molecule has 1 atom stereocenters. The summed E-state index contributed by atoms with van der Waals surface area (Å²) in [4.78, 5) is 0. The zero-order valence-electron chi connectivity index (χ0n) is 11.3. The Morgan fingerprint density at radius 2 is 1.74 bits per heavy atom. The van der Waals surface area contributed by atoms with Crippen LogP contribution in [0.2, 0.25) is 0 Å². The maximum atomic E-state index is 10.6. The molecular weight excluding hydrogens is 304 g/mol. The summed E-state index contributed by atoms with van der Waals surface area (Å²) in [6, 6.07) is 11.7. The third-order valence-corrected chi connectivity index (χ3v) is 4.00. The molecule has 0 saturated heterocycles. The number of aryl methyl sites for hydroxylation is 2. The van der Waals surface area contributed by atoms with Crippen LogP contribution in [0, 0.1) is 13.8 Å². The summed E-state index contributed by atoms with van der Waals surface area (Å²) >= 11 is 3.48. The molecule has 100 valence electrons. The standard InChI is InChI=1S/C16H17BrO2/c1-10-9-15(19-3)11(2)8-13(10)16(18)12-6-4-5-7-14(12)17/h4-9,16,18H,1-3H3. The van der Waals surface area contributed by atoms with Crippen molar-refractivity contribution in [3.63, 3.8) is 0 Å². The first kappa shape index (κ1) is 14.1. The summed E-state index contributed by atoms with van der Waals surface area (Å²) in [6.45, 7) is 3.96. The van der Waals surface area contributed by atoms with Gasteiger partial charge in [0.25, 0.3) is 0 Å². The van der Waals surface area contributed by atoms with Crippen molar-refractivity contribution in [2.24, 2.45) is 0 Å². The molecule has 2 rings (SSSR count). The van der Waals surface area contributed by atoms with Gasteiger partial charge in [-0.25, -0.2) is 0 Å². The van der Waals surface area contributed by atoms with Gasteiger partial charge in [-0.2, -0.15) is 0 Å². The Morgan fingerprint density at radius 3 is 2.37 bits per heavy atom. The fourth-order valence-electron chi connectivity index (χ4n) is 2.19. The summed E-state index contributed by atoms with van der Waals surface area (Å²) < 4.78 is 6.21. The molecule has 1 N–H and O–H groups in total. The number of methoxy groups -OCH3 is 1. The second-order valence-electron chi connectivity index (χ2n) is 4.60. The molecule has 0 aliphatic carbocycles. The number of hydrogen-bond acceptors (Lipinski definition) is 2. The minimum Gasteiger partial charge on any atom is -0.496 e. The Balaban J connectivity index is 2.48. The molecular formula is C16H17BrO2. The largest absolute Gasteiger partial charge is 0.496 e. The van der Waals surface area contributed by atoms with E-state index >= 15 is 0 Å². The lowest BCUT2D eigenvalue weighted by atomic mass is 9.95. The minimum atomic E-state index is -0.639. The van der Waals surface area contributed by atoms with Crippen LogP contribution >= 0.6 is 15.9 Å². The Kier molecular flexibility index (Phi) is 4.27. The van der Waals surface area contributed by atoms with E-state index in [1.165, 1.54) is 0 Å². The highest BCUT2D eigenvalue weighted by atomic mass is 79.9. The average Bonchev–Trinajstić information content (AvgIpc) is 2.40. The monoisotopic (exact) mass is 320 g/mol. The lowest BCUT2D eigenvalue weighted by Crippen LogP contribution is -2.04. The molecule has 2 aromatic carbocycles. The van der Waals surface area contributed by atoms with E-state index in [0.717, 1.165) is 32.5 Å². The SMILES string of the molecule is COc1cc(C)c(C(O)c2ccccc2Br)cc1C. The molecule has 0 spiro atoms. The molecule has 0 heterocycles. The fourth-order valence-corrected chi connectivity index (χ4v) is 2.69. The van der Waals surface area contributed by atoms with Gasteiger partial charge in [-0.1, -0.05) is 34.1 Å². The van der Waals surface area contributed by atoms with Gasteiger partial charge < -0.3 is 9.84 Å². The van der Waals surface area contributed by atoms with Crippen molar-refractivity contribution in [3.05, 3.63) is 63.1 Å². The molecule has 0 aliphatic heterocycles. The number of aliphatic hydroxyl groups is 1. The van der Waals surface area contributed by atoms with Gasteiger partial charge in [-0.05, 0) is 54.3 Å². The number of ether oxygens (including phenoxy) is 1. The average molecular weight is 321 g/mol. The van der Waals surface area contributed by atoms with Gasteiger partial charge in [0.2, 0.25) is 0 Å². The van der Waals surface area contributed by atoms with Crippen molar-refractivity contribution in [1.29, 1.82) is 0 Å². The van der Waals surface area contributed by atoms with Crippen molar-refractivity contribution < 1.29 is 9.84 Å². The lowest BCUT2D eigenvalue weighted by Gasteiger charge is -2.18. The predicted molar refractivity (Wildman–Crippen MR) is 80.7 cm³/mol. The third-order valence-electron chi connectivity index (χ3n) is 3.28. The van der Waals surface area contributed by atoms with Crippen molar-refractivity contribution in [2.45, 2.75) is 20.0 Å². The van der Waals surface area contributed by atoms with Crippen LogP contribution < -0.4 is 4.74 Å². The van der Waals surface area contributed by atoms with Gasteiger partial charge in [0.05, 0.1) is 7.11 Å². The van der Waals surface area contributed by atoms with Crippen LogP contribution in [-0.2, 0) is 0 Å². The van der Waals surface area contributed by atoms with E-state index in [2.05, 4.69) is 15.9 Å². The normalized spacial score (nSPS) is 12.3. The van der Waals surface area contributed by atoms with E-state index in [4.69, 9.17) is 4.74 Å². The van der Waals surface area contributed by atoms with Crippen LogP contribution in [0.25, 0.3) is 0 Å². The first-order valence-electron chi connectivity index (χ1n) is 6.12. The van der Waals surface area contributed by atoms with Crippen molar-refractivity contribution in [1.82, 2.24) is 0 Å². The molecule has 1 unspecified atom stereocenters. The minimum absolute atomic E-state index is 0.639. The number of rotatable bonds is 3. The Hall–Kier alpha value is -1.32. The molecule has 0 amide bonds. The summed E-state index contributed by atoms with van der Waals surface area (Å²) in [7, 11) is 1.66. The molecule has 19 heavy (non-hydrogen) atoms. The maximum Gasteiger partial charge on any atom is 0.122 e. The highest BCUT2D eigenvalue weighted by Gasteiger charge is 2.17. The number of aliphatic hydroxyl groups excluding tert-OH is 1. The van der Waals surface area contributed by atoms with Gasteiger partial charge in [-0.15, -0.1) is 0 Å². The van der Waals surface area contributed by atoms with Crippen LogP contribution in [-0.4, -0.2) is 12.2 Å². The third kappa shape index (κ3) is 2.82. The summed E-state index contributed by atoms with van der Waals surface area (Å²) in [5, 5.41) is 10.6. The van der Waals surface area contributed by atoms with Crippen molar-refractivity contribution in [3.8, 4) is 5.75 Å². The van der Waals surface area contributed by atoms with Gasteiger partial charge in [0.1, 0.15) is 11.9 Å². The molecule has 0 bridgehead atoms. The van der Waals surface area contributed by atoms with Gasteiger partial charge in [0.15, 0.2) is 0 Å². The zero-order chi connectivity index (χ0) is 14.0. The number of benzene rings is 2. The zero-order valence-corrected chi connectivity index (χ0v) is 12.9. The second kappa shape index (κ2) is 5.76. The Morgan fingerprint density at radius 1 is 1.05 bits per heavy atom. The lowest BCUT2D eigenvalue weighted by molar-refractivity contribution is 0.218. The fraction of sp³-hybridized carbons (Fsp3) is 0.250. The molecule has 0 aliphatic rings.